The first-order valence-corrected chi connectivity index (χ1v) is 11.6. The molecule has 9 heteroatoms. The van der Waals surface area contributed by atoms with Gasteiger partial charge in [0, 0.05) is 5.92 Å². The third-order valence-electron chi connectivity index (χ3n) is 6.89. The van der Waals surface area contributed by atoms with Gasteiger partial charge in [0.2, 0.25) is 5.91 Å². The number of hydrogen-bond acceptors (Lipinski definition) is 3. The summed E-state index contributed by atoms with van der Waals surface area (Å²) in [6, 6.07) is 6.48. The van der Waals surface area contributed by atoms with Gasteiger partial charge in [-0.1, -0.05) is 71.9 Å². The summed E-state index contributed by atoms with van der Waals surface area (Å²) in [6.45, 7) is 4.18. The van der Waals surface area contributed by atoms with E-state index in [4.69, 9.17) is 68.0 Å². The van der Waals surface area contributed by atoms with Crippen LogP contribution >= 0.6 is 58.0 Å². The van der Waals surface area contributed by atoms with Crippen LogP contribution in [0.3, 0.4) is 0 Å². The van der Waals surface area contributed by atoms with Crippen LogP contribution in [0.1, 0.15) is 44.0 Å². The highest BCUT2D eigenvalue weighted by Crippen LogP contribution is 2.67. The maximum absolute atomic E-state index is 13.8. The van der Waals surface area contributed by atoms with E-state index in [2.05, 4.69) is 19.2 Å². The number of amides is 1. The van der Waals surface area contributed by atoms with Gasteiger partial charge in [0.1, 0.15) is 0 Å². The molecule has 2 aliphatic carbocycles. The minimum atomic E-state index is -0.865. The molecule has 1 N–H and O–H groups in total. The Hall–Kier alpha value is -1.30. The summed E-state index contributed by atoms with van der Waals surface area (Å²) in [5, 5.41) is 4.74. The average molecular weight is 516 g/mol. The number of halogens is 5. The van der Waals surface area contributed by atoms with Gasteiger partial charge in [-0.3, -0.25) is 4.79 Å². The smallest absolute Gasteiger partial charge is 0.237 e. The van der Waals surface area contributed by atoms with Gasteiger partial charge >= 0.3 is 0 Å². The number of anilines is 1. The fourth-order valence-electron chi connectivity index (χ4n) is 5.23. The highest BCUT2D eigenvalue weighted by Gasteiger charge is 2.67. The summed E-state index contributed by atoms with van der Waals surface area (Å²) < 4.78 is 0. The Labute approximate surface area is 204 Å². The molecular weight excluding hydrogens is 500 g/mol. The molecule has 2 aliphatic rings. The molecule has 1 amide bonds. The van der Waals surface area contributed by atoms with Crippen molar-refractivity contribution in [2.45, 2.75) is 38.0 Å². The zero-order valence-electron chi connectivity index (χ0n) is 16.5. The van der Waals surface area contributed by atoms with Gasteiger partial charge in [0.25, 0.3) is 0 Å². The lowest BCUT2D eigenvalue weighted by atomic mass is 9.67. The normalized spacial score (nSPS) is 23.3. The molecule has 0 saturated heterocycles. The van der Waals surface area contributed by atoms with Gasteiger partial charge in [-0.05, 0) is 42.5 Å². The monoisotopic (exact) mass is 513 g/mol. The predicted octanol–water partition coefficient (Wildman–Crippen LogP) is 7.69. The minimum absolute atomic E-state index is 0.101. The highest BCUT2D eigenvalue weighted by molar-refractivity contribution is 6.44. The Balaban J connectivity index is 1.66. The van der Waals surface area contributed by atoms with Crippen molar-refractivity contribution in [2.75, 3.05) is 5.32 Å². The van der Waals surface area contributed by atoms with Crippen LogP contribution in [0.25, 0.3) is 11.0 Å². The van der Waals surface area contributed by atoms with Crippen LogP contribution in [0.4, 0.5) is 5.69 Å². The molecule has 1 aromatic heterocycles. The van der Waals surface area contributed by atoms with E-state index in [1.54, 1.807) is 18.2 Å². The van der Waals surface area contributed by atoms with Crippen molar-refractivity contribution in [1.29, 1.82) is 0 Å². The number of benzene rings is 2. The second-order valence-electron chi connectivity index (χ2n) is 8.63. The molecule has 0 radical (unpaired) electrons. The SMILES string of the molecule is CC1(C)C2CCC1(C(=O)Nc1cc(Cl)c(Cl)cc1Cl)c1nc3cc(Cl)c(Cl)cc3nc12. The number of nitrogens with zero attached hydrogens (tertiary/aromatic N) is 2. The number of nitrogens with one attached hydrogen (secondary N) is 1. The summed E-state index contributed by atoms with van der Waals surface area (Å²) >= 11 is 30.9. The maximum atomic E-state index is 13.8. The molecule has 31 heavy (non-hydrogen) atoms. The highest BCUT2D eigenvalue weighted by atomic mass is 35.5. The number of carbonyl (C=O) groups excluding carboxylic acids is 1. The summed E-state index contributed by atoms with van der Waals surface area (Å²) in [5.74, 6) is -0.0865. The number of aromatic nitrogens is 2. The molecule has 0 spiro atoms. The summed E-state index contributed by atoms with van der Waals surface area (Å²) in [6.07, 6.45) is 1.49. The third-order valence-corrected chi connectivity index (χ3v) is 8.65. The first-order valence-electron chi connectivity index (χ1n) is 9.69. The topological polar surface area (TPSA) is 54.9 Å². The molecule has 1 saturated carbocycles. The van der Waals surface area contributed by atoms with Crippen LogP contribution in [0.5, 0.6) is 0 Å². The number of hydrogen-bond donors (Lipinski definition) is 1. The largest absolute Gasteiger partial charge is 0.324 e. The Kier molecular flexibility index (Phi) is 4.93. The molecular formula is C22H16Cl5N3O. The average Bonchev–Trinajstić information content (AvgIpc) is 3.07. The van der Waals surface area contributed by atoms with Crippen LogP contribution in [0, 0.1) is 5.41 Å². The molecule has 1 fully saturated rings. The second kappa shape index (κ2) is 7.10. The molecule has 2 bridgehead atoms. The van der Waals surface area contributed by atoms with Crippen LogP contribution in [0.2, 0.25) is 25.1 Å². The third kappa shape index (κ3) is 2.92. The molecule has 2 unspecified atom stereocenters. The van der Waals surface area contributed by atoms with Gasteiger partial charge in [0.05, 0.1) is 58.6 Å². The van der Waals surface area contributed by atoms with Crippen LogP contribution in [0.15, 0.2) is 24.3 Å². The molecule has 5 rings (SSSR count). The van der Waals surface area contributed by atoms with E-state index < -0.39 is 10.8 Å². The Morgan fingerprint density at radius 2 is 1.48 bits per heavy atom. The Morgan fingerprint density at radius 3 is 2.16 bits per heavy atom. The van der Waals surface area contributed by atoms with Gasteiger partial charge in [-0.15, -0.1) is 0 Å². The van der Waals surface area contributed by atoms with E-state index in [0.29, 0.717) is 53.9 Å². The van der Waals surface area contributed by atoms with Crippen molar-refractivity contribution in [3.8, 4) is 0 Å². The molecule has 2 aromatic carbocycles. The van der Waals surface area contributed by atoms with Gasteiger partial charge in [-0.2, -0.15) is 0 Å². The van der Waals surface area contributed by atoms with Crippen molar-refractivity contribution in [3.05, 3.63) is 60.8 Å². The molecule has 0 aliphatic heterocycles. The zero-order chi connectivity index (χ0) is 22.3. The van der Waals surface area contributed by atoms with Crippen molar-refractivity contribution in [2.24, 2.45) is 5.41 Å². The molecule has 1 heterocycles. The fraction of sp³-hybridized carbons (Fsp3) is 0.318. The van der Waals surface area contributed by atoms with E-state index in [1.165, 1.54) is 6.07 Å². The van der Waals surface area contributed by atoms with Crippen molar-refractivity contribution in [3.63, 3.8) is 0 Å². The van der Waals surface area contributed by atoms with E-state index in [9.17, 15) is 4.79 Å². The van der Waals surface area contributed by atoms with E-state index in [-0.39, 0.29) is 11.8 Å². The molecule has 2 atom stereocenters. The quantitative estimate of drug-likeness (QED) is 0.356. The zero-order valence-corrected chi connectivity index (χ0v) is 20.3. The van der Waals surface area contributed by atoms with E-state index >= 15 is 0 Å². The Bertz CT molecular complexity index is 1290. The predicted molar refractivity (Wildman–Crippen MR) is 127 cm³/mol. The fourth-order valence-corrected chi connectivity index (χ4v) is 6.14. The lowest BCUT2D eigenvalue weighted by molar-refractivity contribution is -0.124. The van der Waals surface area contributed by atoms with Gasteiger partial charge < -0.3 is 5.32 Å². The van der Waals surface area contributed by atoms with Gasteiger partial charge in [0.15, 0.2) is 0 Å². The van der Waals surface area contributed by atoms with Crippen molar-refractivity contribution in [1.82, 2.24) is 9.97 Å². The summed E-state index contributed by atoms with van der Waals surface area (Å²) in [7, 11) is 0. The standard InChI is InChI=1S/C22H16Cl5N3O/c1-21(2)9-3-4-22(21,20(31)30-15-6-11(24)10(23)5-14(15)27)19-18(9)28-16-7-12(25)13(26)8-17(16)29-19/h5-9H,3-4H2,1-2H3,(H,30,31). The molecule has 4 nitrogen and oxygen atoms in total. The maximum Gasteiger partial charge on any atom is 0.237 e. The van der Waals surface area contributed by atoms with Gasteiger partial charge in [-0.25, -0.2) is 9.97 Å². The first kappa shape index (κ1) is 21.5. The molecule has 160 valence electrons. The van der Waals surface area contributed by atoms with E-state index in [0.717, 1.165) is 12.1 Å². The Morgan fingerprint density at radius 1 is 0.903 bits per heavy atom. The molecule has 3 aromatic rings. The summed E-state index contributed by atoms with van der Waals surface area (Å²) in [4.78, 5) is 23.6. The van der Waals surface area contributed by atoms with E-state index in [1.807, 2.05) is 0 Å². The van der Waals surface area contributed by atoms with Crippen LogP contribution in [-0.2, 0) is 10.2 Å². The lowest BCUT2D eigenvalue weighted by Gasteiger charge is -2.36. The van der Waals surface area contributed by atoms with Crippen LogP contribution in [-0.4, -0.2) is 15.9 Å². The minimum Gasteiger partial charge on any atom is -0.324 e. The lowest BCUT2D eigenvalue weighted by Crippen LogP contribution is -2.46. The number of fused-ring (bicyclic) bond motifs is 6. The van der Waals surface area contributed by atoms with Crippen LogP contribution < -0.4 is 5.32 Å². The van der Waals surface area contributed by atoms with Crippen molar-refractivity contribution >= 4 is 80.6 Å². The van der Waals surface area contributed by atoms with Crippen molar-refractivity contribution < 1.29 is 4.79 Å². The number of carbonyl (C=O) groups is 1. The number of rotatable bonds is 2. The second-order valence-corrected chi connectivity index (χ2v) is 10.7. The first-order chi connectivity index (χ1) is 14.6. The summed E-state index contributed by atoms with van der Waals surface area (Å²) in [5.41, 5.74) is 1.96.